The fourth-order valence-corrected chi connectivity index (χ4v) is 4.28. The smallest absolute Gasteiger partial charge is 0.305 e. The van der Waals surface area contributed by atoms with Gasteiger partial charge in [0.15, 0.2) is 0 Å². The number of hydrogen-bond acceptors (Lipinski definition) is 6. The van der Waals surface area contributed by atoms with Gasteiger partial charge >= 0.3 is 5.97 Å². The van der Waals surface area contributed by atoms with Crippen molar-refractivity contribution in [2.24, 2.45) is 0 Å². The molecule has 0 unspecified atom stereocenters. The molecule has 3 heterocycles. The number of nitrogens with zero attached hydrogens (tertiary/aromatic N) is 2. The van der Waals surface area contributed by atoms with Crippen molar-refractivity contribution in [2.75, 3.05) is 7.11 Å². The van der Waals surface area contributed by atoms with Gasteiger partial charge in [0.2, 0.25) is 0 Å². The van der Waals surface area contributed by atoms with E-state index in [0.29, 0.717) is 39.3 Å². The van der Waals surface area contributed by atoms with Crippen LogP contribution in [0.1, 0.15) is 24.2 Å². The van der Waals surface area contributed by atoms with Gasteiger partial charge in [0, 0.05) is 30.3 Å². The number of benzene rings is 1. The Bertz CT molecular complexity index is 1240. The maximum Gasteiger partial charge on any atom is 0.305 e. The second kappa shape index (κ2) is 8.62. The van der Waals surface area contributed by atoms with Crippen LogP contribution in [0.5, 0.6) is 0 Å². The molecule has 154 valence electrons. The molecule has 0 atom stereocenters. The molecule has 4 rings (SSSR count). The summed E-state index contributed by atoms with van der Waals surface area (Å²) < 4.78 is 25.9. The predicted octanol–water partition coefficient (Wildman–Crippen LogP) is 4.40. The first kappa shape index (κ1) is 20.0. The number of fused-ring (bicyclic) bond motifs is 1. The second-order valence-corrected chi connectivity index (χ2v) is 7.60. The van der Waals surface area contributed by atoms with E-state index in [1.54, 1.807) is 36.6 Å². The summed E-state index contributed by atoms with van der Waals surface area (Å²) >= 11 is 1.34. The third-order valence-corrected chi connectivity index (χ3v) is 5.73. The number of ether oxygens (including phenoxy) is 1. The van der Waals surface area contributed by atoms with Gasteiger partial charge in [-0.15, -0.1) is 11.3 Å². The molecule has 3 aromatic heterocycles. The fourth-order valence-electron chi connectivity index (χ4n) is 3.34. The molecule has 0 fully saturated rings. The van der Waals surface area contributed by atoms with Crippen LogP contribution in [-0.4, -0.2) is 22.6 Å². The van der Waals surface area contributed by atoms with E-state index < -0.39 is 0 Å². The van der Waals surface area contributed by atoms with E-state index in [-0.39, 0.29) is 36.7 Å². The van der Waals surface area contributed by atoms with Crippen molar-refractivity contribution in [3.8, 4) is 11.3 Å². The average Bonchev–Trinajstić information content (AvgIpc) is 3.41. The number of carbonyl (C=O) groups is 1. The van der Waals surface area contributed by atoms with Crippen molar-refractivity contribution < 1.29 is 18.3 Å². The first-order valence-corrected chi connectivity index (χ1v) is 10.3. The summed E-state index contributed by atoms with van der Waals surface area (Å²) in [4.78, 5) is 30.2. The molecule has 0 saturated carbocycles. The summed E-state index contributed by atoms with van der Waals surface area (Å²) in [5.41, 5.74) is 0.897. The maximum absolute atomic E-state index is 14.2. The normalized spacial score (nSPS) is 11.1. The van der Waals surface area contributed by atoms with Crippen molar-refractivity contribution >= 4 is 27.5 Å². The van der Waals surface area contributed by atoms with Crippen LogP contribution in [0.4, 0.5) is 4.39 Å². The molecule has 0 aliphatic heterocycles. The Hall–Kier alpha value is -3.26. The van der Waals surface area contributed by atoms with Gasteiger partial charge in [-0.05, 0) is 30.2 Å². The van der Waals surface area contributed by atoms with Gasteiger partial charge in [0.1, 0.15) is 22.2 Å². The Morgan fingerprint density at radius 3 is 2.83 bits per heavy atom. The van der Waals surface area contributed by atoms with E-state index in [2.05, 4.69) is 9.72 Å². The van der Waals surface area contributed by atoms with Crippen LogP contribution in [0.2, 0.25) is 0 Å². The highest BCUT2D eigenvalue weighted by Crippen LogP contribution is 2.31. The maximum atomic E-state index is 14.2. The standard InChI is InChI=1S/C22H19FN2O4S/c1-28-19(26)9-4-10-25-18(12-14-6-2-3-7-16(14)23)24-21-20(22(25)27)15(13-30-21)17-8-5-11-29-17/h2-3,5-8,11,13H,4,9-10,12H2,1H3. The third-order valence-electron chi connectivity index (χ3n) is 4.86. The van der Waals surface area contributed by atoms with Gasteiger partial charge in [0.25, 0.3) is 5.56 Å². The Morgan fingerprint density at radius 2 is 2.10 bits per heavy atom. The summed E-state index contributed by atoms with van der Waals surface area (Å²) in [6.07, 6.45) is 2.30. The van der Waals surface area contributed by atoms with Crippen LogP contribution in [0.15, 0.2) is 57.3 Å². The minimum Gasteiger partial charge on any atom is -0.469 e. The zero-order valence-corrected chi connectivity index (χ0v) is 17.1. The number of rotatable bonds is 7. The van der Waals surface area contributed by atoms with Crippen LogP contribution in [0.25, 0.3) is 21.5 Å². The van der Waals surface area contributed by atoms with E-state index in [0.717, 1.165) is 0 Å². The minimum atomic E-state index is -0.351. The van der Waals surface area contributed by atoms with Crippen LogP contribution in [-0.2, 0) is 22.5 Å². The van der Waals surface area contributed by atoms with Crippen LogP contribution in [0.3, 0.4) is 0 Å². The summed E-state index contributed by atoms with van der Waals surface area (Å²) in [5.74, 6) is 0.341. The molecule has 8 heteroatoms. The highest BCUT2D eigenvalue weighted by Gasteiger charge is 2.19. The number of methoxy groups -OCH3 is 1. The quantitative estimate of drug-likeness (QED) is 0.410. The van der Waals surface area contributed by atoms with E-state index in [1.807, 2.05) is 5.38 Å². The highest BCUT2D eigenvalue weighted by molar-refractivity contribution is 7.17. The van der Waals surface area contributed by atoms with Crippen molar-refractivity contribution in [2.45, 2.75) is 25.8 Å². The van der Waals surface area contributed by atoms with Crippen molar-refractivity contribution in [1.29, 1.82) is 0 Å². The van der Waals surface area contributed by atoms with E-state index in [1.165, 1.54) is 29.1 Å². The van der Waals surface area contributed by atoms with Crippen LogP contribution < -0.4 is 5.56 Å². The SMILES string of the molecule is COC(=O)CCCn1c(Cc2ccccc2F)nc2scc(-c3ccco3)c2c1=O. The molecule has 0 saturated heterocycles. The first-order valence-electron chi connectivity index (χ1n) is 9.43. The van der Waals surface area contributed by atoms with Crippen LogP contribution >= 0.6 is 11.3 Å². The lowest BCUT2D eigenvalue weighted by atomic mass is 10.1. The van der Waals surface area contributed by atoms with Gasteiger partial charge in [-0.1, -0.05) is 18.2 Å². The van der Waals surface area contributed by atoms with Gasteiger partial charge in [-0.3, -0.25) is 14.2 Å². The molecule has 30 heavy (non-hydrogen) atoms. The summed E-state index contributed by atoms with van der Waals surface area (Å²) in [5, 5.41) is 2.30. The molecule has 0 bridgehead atoms. The lowest BCUT2D eigenvalue weighted by molar-refractivity contribution is -0.140. The summed E-state index contributed by atoms with van der Waals surface area (Å²) in [6, 6.07) is 9.97. The molecule has 0 spiro atoms. The van der Waals surface area contributed by atoms with Crippen LogP contribution in [0, 0.1) is 5.82 Å². The molecule has 0 N–H and O–H groups in total. The number of halogens is 1. The Balaban J connectivity index is 1.80. The fraction of sp³-hybridized carbons (Fsp3) is 0.227. The zero-order chi connectivity index (χ0) is 21.1. The van der Waals surface area contributed by atoms with Gasteiger partial charge in [0.05, 0.1) is 18.8 Å². The number of furan rings is 1. The predicted molar refractivity (Wildman–Crippen MR) is 112 cm³/mol. The first-order chi connectivity index (χ1) is 14.6. The van der Waals surface area contributed by atoms with E-state index in [4.69, 9.17) is 4.42 Å². The minimum absolute atomic E-state index is 0.171. The molecule has 0 radical (unpaired) electrons. The molecular formula is C22H19FN2O4S. The van der Waals surface area contributed by atoms with E-state index >= 15 is 0 Å². The molecule has 0 amide bonds. The second-order valence-electron chi connectivity index (χ2n) is 6.74. The van der Waals surface area contributed by atoms with Crippen molar-refractivity contribution in [3.05, 3.63) is 75.6 Å². The third kappa shape index (κ3) is 3.91. The van der Waals surface area contributed by atoms with Gasteiger partial charge in [-0.2, -0.15) is 0 Å². The number of esters is 1. The van der Waals surface area contributed by atoms with E-state index in [9.17, 15) is 14.0 Å². The van der Waals surface area contributed by atoms with Gasteiger partial charge < -0.3 is 9.15 Å². The number of thiophene rings is 1. The summed E-state index contributed by atoms with van der Waals surface area (Å²) in [7, 11) is 1.33. The highest BCUT2D eigenvalue weighted by atomic mass is 32.1. The number of carbonyl (C=O) groups excluding carboxylic acids is 1. The molecule has 4 aromatic rings. The monoisotopic (exact) mass is 426 g/mol. The molecular weight excluding hydrogens is 407 g/mol. The molecule has 1 aromatic carbocycles. The molecule has 0 aliphatic rings. The largest absolute Gasteiger partial charge is 0.469 e. The Kier molecular flexibility index (Phi) is 5.76. The van der Waals surface area contributed by atoms with Crippen molar-refractivity contribution in [1.82, 2.24) is 9.55 Å². The number of hydrogen-bond donors (Lipinski definition) is 0. The molecule has 0 aliphatic carbocycles. The summed E-state index contributed by atoms with van der Waals surface area (Å²) in [6.45, 7) is 0.272. The topological polar surface area (TPSA) is 74.3 Å². The lowest BCUT2D eigenvalue weighted by Crippen LogP contribution is -2.26. The Labute approximate surface area is 175 Å². The molecule has 6 nitrogen and oxygen atoms in total. The zero-order valence-electron chi connectivity index (χ0n) is 16.3. The lowest BCUT2D eigenvalue weighted by Gasteiger charge is -2.13. The average molecular weight is 426 g/mol. The number of aromatic nitrogens is 2. The Morgan fingerprint density at radius 1 is 1.27 bits per heavy atom. The van der Waals surface area contributed by atoms with Gasteiger partial charge in [-0.25, -0.2) is 9.37 Å². The van der Waals surface area contributed by atoms with Crippen molar-refractivity contribution in [3.63, 3.8) is 0 Å².